The Bertz CT molecular complexity index is 470. The van der Waals surface area contributed by atoms with Gasteiger partial charge in [0.2, 0.25) is 0 Å². The van der Waals surface area contributed by atoms with Gasteiger partial charge >= 0.3 is 0 Å². The van der Waals surface area contributed by atoms with E-state index in [1.54, 1.807) is 0 Å². The summed E-state index contributed by atoms with van der Waals surface area (Å²) in [6.07, 6.45) is 1.91. The fraction of sp³-hybridized carbons (Fsp3) is 0.667. The van der Waals surface area contributed by atoms with Crippen LogP contribution in [0.5, 0.6) is 0 Å². The Balaban J connectivity index is 1.87. The summed E-state index contributed by atoms with van der Waals surface area (Å²) in [5.41, 5.74) is 8.15. The summed E-state index contributed by atoms with van der Waals surface area (Å²) < 4.78 is 0. The van der Waals surface area contributed by atoms with Crippen LogP contribution in [0.1, 0.15) is 12.6 Å². The van der Waals surface area contributed by atoms with Crippen molar-refractivity contribution in [1.29, 1.82) is 0 Å². The van der Waals surface area contributed by atoms with Crippen molar-refractivity contribution in [3.05, 3.63) is 30.1 Å². The molecule has 4 saturated heterocycles. The van der Waals surface area contributed by atoms with E-state index in [0.717, 1.165) is 26.2 Å². The van der Waals surface area contributed by atoms with Crippen molar-refractivity contribution in [2.24, 2.45) is 11.1 Å². The molecule has 19 heavy (non-hydrogen) atoms. The van der Waals surface area contributed by atoms with Gasteiger partial charge in [0.1, 0.15) is 0 Å². The van der Waals surface area contributed by atoms with Crippen molar-refractivity contribution >= 4 is 0 Å². The van der Waals surface area contributed by atoms with Crippen molar-refractivity contribution in [3.63, 3.8) is 0 Å². The molecular weight excluding hydrogens is 236 g/mol. The lowest BCUT2D eigenvalue weighted by molar-refractivity contribution is -0.0281. The van der Waals surface area contributed by atoms with Gasteiger partial charge in [0.15, 0.2) is 0 Å². The Morgan fingerprint density at radius 1 is 1.16 bits per heavy atom. The van der Waals surface area contributed by atoms with Gasteiger partial charge in [-0.3, -0.25) is 4.98 Å². The predicted octanol–water partition coefficient (Wildman–Crippen LogP) is 0.298. The molecule has 2 N–H and O–H groups in total. The monoisotopic (exact) mass is 258 g/mol. The number of fused-ring (bicyclic) bond motifs is 1. The second kappa shape index (κ2) is 3.78. The van der Waals surface area contributed by atoms with E-state index in [0.29, 0.717) is 0 Å². The van der Waals surface area contributed by atoms with E-state index in [1.807, 2.05) is 12.3 Å². The summed E-state index contributed by atoms with van der Waals surface area (Å²) in [7, 11) is 0. The maximum atomic E-state index is 6.74. The van der Waals surface area contributed by atoms with Crippen LogP contribution < -0.4 is 5.73 Å². The van der Waals surface area contributed by atoms with E-state index in [2.05, 4.69) is 33.8 Å². The van der Waals surface area contributed by atoms with Crippen LogP contribution >= 0.6 is 0 Å². The molecule has 5 rings (SSSR count). The van der Waals surface area contributed by atoms with Crippen LogP contribution in [0.4, 0.5) is 0 Å². The Hall–Kier alpha value is -0.970. The highest BCUT2D eigenvalue weighted by molar-refractivity contribution is 5.29. The van der Waals surface area contributed by atoms with Gasteiger partial charge in [-0.2, -0.15) is 0 Å². The molecule has 0 spiro atoms. The third-order valence-corrected chi connectivity index (χ3v) is 5.43. The Morgan fingerprint density at radius 3 is 2.42 bits per heavy atom. The summed E-state index contributed by atoms with van der Waals surface area (Å²) in [6.45, 7) is 9.12. The second-order valence-corrected chi connectivity index (χ2v) is 6.92. The molecule has 5 heterocycles. The largest absolute Gasteiger partial charge is 0.326 e. The molecule has 3 atom stereocenters. The quantitative estimate of drug-likeness (QED) is 0.787. The van der Waals surface area contributed by atoms with Crippen LogP contribution in [0.3, 0.4) is 0 Å². The van der Waals surface area contributed by atoms with Crippen LogP contribution in [0.25, 0.3) is 0 Å². The molecule has 0 amide bonds. The van der Waals surface area contributed by atoms with Crippen molar-refractivity contribution in [2.45, 2.75) is 18.4 Å². The first-order chi connectivity index (χ1) is 9.12. The van der Waals surface area contributed by atoms with Gasteiger partial charge in [0.25, 0.3) is 0 Å². The molecule has 0 aliphatic carbocycles. The Kier molecular flexibility index (Phi) is 2.35. The highest BCUT2D eigenvalue weighted by atomic mass is 15.3. The number of nitrogens with zero attached hydrogens (tertiary/aromatic N) is 3. The summed E-state index contributed by atoms with van der Waals surface area (Å²) in [5.74, 6) is 0. The molecule has 4 bridgehead atoms. The SMILES string of the molecule is CC12CN3CCN(C1)CC(c1ccccn1)(C3)C2N. The maximum absolute atomic E-state index is 6.74. The number of piperidine rings is 2. The van der Waals surface area contributed by atoms with E-state index in [-0.39, 0.29) is 16.9 Å². The van der Waals surface area contributed by atoms with Crippen LogP contribution in [0.2, 0.25) is 0 Å². The van der Waals surface area contributed by atoms with E-state index in [4.69, 9.17) is 5.73 Å². The maximum Gasteiger partial charge on any atom is 0.0537 e. The highest BCUT2D eigenvalue weighted by Crippen LogP contribution is 2.47. The fourth-order valence-electron chi connectivity index (χ4n) is 4.67. The number of nitrogens with two attached hydrogens (primary N) is 1. The first-order valence-corrected chi connectivity index (χ1v) is 7.24. The molecule has 4 heteroatoms. The van der Waals surface area contributed by atoms with Crippen LogP contribution in [-0.4, -0.2) is 60.1 Å². The lowest BCUT2D eigenvalue weighted by Crippen LogP contribution is -2.73. The van der Waals surface area contributed by atoms with Gasteiger partial charge in [0.05, 0.1) is 11.1 Å². The standard InChI is InChI=1S/C15H22N4/c1-14-8-18-6-7-19(9-14)11-15(10-18,13(14)16)12-4-2-3-5-17-12/h2-5,13H,6-11,16H2,1H3. The molecule has 4 aliphatic rings. The van der Waals surface area contributed by atoms with Crippen LogP contribution in [-0.2, 0) is 5.41 Å². The van der Waals surface area contributed by atoms with E-state index >= 15 is 0 Å². The Morgan fingerprint density at radius 2 is 1.84 bits per heavy atom. The number of hydrogen-bond donors (Lipinski definition) is 1. The van der Waals surface area contributed by atoms with Gasteiger partial charge in [0, 0.05) is 56.9 Å². The lowest BCUT2D eigenvalue weighted by atomic mass is 9.60. The topological polar surface area (TPSA) is 45.4 Å². The minimum Gasteiger partial charge on any atom is -0.326 e. The molecule has 1 aromatic heterocycles. The molecule has 3 unspecified atom stereocenters. The van der Waals surface area contributed by atoms with Crippen molar-refractivity contribution < 1.29 is 0 Å². The van der Waals surface area contributed by atoms with Crippen molar-refractivity contribution in [1.82, 2.24) is 14.8 Å². The normalized spacial score (nSPS) is 48.2. The first kappa shape index (κ1) is 11.8. The molecule has 0 saturated carbocycles. The van der Waals surface area contributed by atoms with Gasteiger partial charge < -0.3 is 15.5 Å². The number of rotatable bonds is 1. The third-order valence-electron chi connectivity index (χ3n) is 5.43. The van der Waals surface area contributed by atoms with Crippen molar-refractivity contribution in [3.8, 4) is 0 Å². The summed E-state index contributed by atoms with van der Waals surface area (Å²) in [5, 5.41) is 0. The molecule has 4 aliphatic heterocycles. The average Bonchev–Trinajstić information content (AvgIpc) is 2.64. The van der Waals surface area contributed by atoms with Crippen LogP contribution in [0, 0.1) is 5.41 Å². The molecule has 4 nitrogen and oxygen atoms in total. The molecule has 4 fully saturated rings. The second-order valence-electron chi connectivity index (χ2n) is 6.92. The smallest absolute Gasteiger partial charge is 0.0537 e. The molecule has 0 radical (unpaired) electrons. The minimum atomic E-state index is 0.0169. The number of hydrogen-bond acceptors (Lipinski definition) is 4. The number of aromatic nitrogens is 1. The van der Waals surface area contributed by atoms with Gasteiger partial charge in [-0.05, 0) is 12.1 Å². The summed E-state index contributed by atoms with van der Waals surface area (Å²) in [6, 6.07) is 6.46. The van der Waals surface area contributed by atoms with E-state index < -0.39 is 0 Å². The van der Waals surface area contributed by atoms with Gasteiger partial charge in [-0.25, -0.2) is 0 Å². The predicted molar refractivity (Wildman–Crippen MR) is 74.9 cm³/mol. The zero-order valence-corrected chi connectivity index (χ0v) is 11.5. The van der Waals surface area contributed by atoms with Crippen LogP contribution in [0.15, 0.2) is 24.4 Å². The van der Waals surface area contributed by atoms with Crippen molar-refractivity contribution in [2.75, 3.05) is 39.3 Å². The molecule has 0 aromatic carbocycles. The Labute approximate surface area is 114 Å². The summed E-state index contributed by atoms with van der Waals surface area (Å²) in [4.78, 5) is 9.86. The molecule has 102 valence electrons. The zero-order valence-electron chi connectivity index (χ0n) is 11.5. The fourth-order valence-corrected chi connectivity index (χ4v) is 4.67. The van der Waals surface area contributed by atoms with Gasteiger partial charge in [-0.15, -0.1) is 0 Å². The first-order valence-electron chi connectivity index (χ1n) is 7.24. The third kappa shape index (κ3) is 1.54. The number of pyridine rings is 1. The zero-order chi connectivity index (χ0) is 13.1. The highest BCUT2D eigenvalue weighted by Gasteiger charge is 2.59. The lowest BCUT2D eigenvalue weighted by Gasteiger charge is -2.59. The molecule has 1 aromatic rings. The minimum absolute atomic E-state index is 0.0169. The van der Waals surface area contributed by atoms with Gasteiger partial charge in [-0.1, -0.05) is 13.0 Å². The summed E-state index contributed by atoms with van der Waals surface area (Å²) >= 11 is 0. The van der Waals surface area contributed by atoms with E-state index in [9.17, 15) is 0 Å². The molecular formula is C15H22N4. The average molecular weight is 258 g/mol. The van der Waals surface area contributed by atoms with E-state index in [1.165, 1.54) is 18.8 Å².